The Bertz CT molecular complexity index is 861. The molecule has 0 bridgehead atoms. The molecule has 0 aliphatic rings. The van der Waals surface area contributed by atoms with Crippen molar-refractivity contribution in [1.82, 2.24) is 5.32 Å². The fourth-order valence-corrected chi connectivity index (χ4v) is 2.14. The number of rotatable bonds is 8. The minimum absolute atomic E-state index is 0.0233. The van der Waals surface area contributed by atoms with Crippen molar-refractivity contribution in [1.29, 1.82) is 0 Å². The molecular weight excluding hydrogens is 362 g/mol. The Morgan fingerprint density at radius 3 is 2.48 bits per heavy atom. The molecule has 27 heavy (non-hydrogen) atoms. The van der Waals surface area contributed by atoms with Crippen LogP contribution in [0.15, 0.2) is 42.5 Å². The molecule has 0 heterocycles. The average Bonchev–Trinajstić information content (AvgIpc) is 2.63. The SMILES string of the molecule is O=C(CCNc1ccccc1[N+](=O)[O-])NCC(=O)Nc1ccc(F)c(F)c1. The van der Waals surface area contributed by atoms with Crippen LogP contribution in [0.25, 0.3) is 0 Å². The predicted octanol–water partition coefficient (Wildman–Crippen LogP) is 2.43. The van der Waals surface area contributed by atoms with Crippen LogP contribution in [0, 0.1) is 21.7 Å². The molecule has 10 heteroatoms. The van der Waals surface area contributed by atoms with Gasteiger partial charge in [-0.15, -0.1) is 0 Å². The van der Waals surface area contributed by atoms with E-state index in [4.69, 9.17) is 0 Å². The molecule has 2 aromatic carbocycles. The molecule has 142 valence electrons. The highest BCUT2D eigenvalue weighted by molar-refractivity contribution is 5.94. The monoisotopic (exact) mass is 378 g/mol. The largest absolute Gasteiger partial charge is 0.379 e. The maximum atomic E-state index is 13.1. The van der Waals surface area contributed by atoms with E-state index in [1.165, 1.54) is 24.3 Å². The van der Waals surface area contributed by atoms with Gasteiger partial charge in [0.25, 0.3) is 5.69 Å². The van der Waals surface area contributed by atoms with Gasteiger partial charge in [0.15, 0.2) is 11.6 Å². The van der Waals surface area contributed by atoms with Crippen LogP contribution in [-0.4, -0.2) is 29.8 Å². The van der Waals surface area contributed by atoms with Gasteiger partial charge in [-0.1, -0.05) is 12.1 Å². The maximum Gasteiger partial charge on any atom is 0.292 e. The third kappa shape index (κ3) is 6.03. The Balaban J connectivity index is 1.74. The second-order valence-electron chi connectivity index (χ2n) is 5.40. The van der Waals surface area contributed by atoms with Crippen molar-refractivity contribution in [3.8, 4) is 0 Å². The highest BCUT2D eigenvalue weighted by Crippen LogP contribution is 2.22. The van der Waals surface area contributed by atoms with E-state index in [1.54, 1.807) is 6.07 Å². The molecule has 0 radical (unpaired) electrons. The second-order valence-corrected chi connectivity index (χ2v) is 5.40. The van der Waals surface area contributed by atoms with Gasteiger partial charge in [0, 0.05) is 30.8 Å². The first-order valence-electron chi connectivity index (χ1n) is 7.85. The molecule has 2 amide bonds. The lowest BCUT2D eigenvalue weighted by Crippen LogP contribution is -2.33. The van der Waals surface area contributed by atoms with Crippen molar-refractivity contribution in [3.05, 3.63) is 64.2 Å². The Morgan fingerprint density at radius 1 is 1.04 bits per heavy atom. The van der Waals surface area contributed by atoms with Gasteiger partial charge in [-0.25, -0.2) is 8.78 Å². The van der Waals surface area contributed by atoms with Gasteiger partial charge in [0.2, 0.25) is 11.8 Å². The first-order valence-corrected chi connectivity index (χ1v) is 7.85. The van der Waals surface area contributed by atoms with Crippen molar-refractivity contribution in [2.45, 2.75) is 6.42 Å². The molecule has 3 N–H and O–H groups in total. The third-order valence-electron chi connectivity index (χ3n) is 3.42. The van der Waals surface area contributed by atoms with E-state index in [-0.39, 0.29) is 36.6 Å². The minimum atomic E-state index is -1.10. The normalized spacial score (nSPS) is 10.1. The van der Waals surface area contributed by atoms with Crippen molar-refractivity contribution >= 4 is 28.9 Å². The molecule has 0 aromatic heterocycles. The summed E-state index contributed by atoms with van der Waals surface area (Å²) in [4.78, 5) is 33.8. The molecule has 0 aliphatic carbocycles. The summed E-state index contributed by atoms with van der Waals surface area (Å²) in [5.74, 6) is -3.20. The third-order valence-corrected chi connectivity index (χ3v) is 3.42. The zero-order valence-electron chi connectivity index (χ0n) is 14.0. The number of anilines is 2. The van der Waals surface area contributed by atoms with E-state index in [1.807, 2.05) is 0 Å². The van der Waals surface area contributed by atoms with Crippen LogP contribution in [0.5, 0.6) is 0 Å². The molecular formula is C17H16F2N4O4. The Kier molecular flexibility index (Phi) is 6.75. The smallest absolute Gasteiger partial charge is 0.292 e. The Hall–Kier alpha value is -3.56. The van der Waals surface area contributed by atoms with E-state index in [0.29, 0.717) is 0 Å². The van der Waals surface area contributed by atoms with Crippen molar-refractivity contribution in [3.63, 3.8) is 0 Å². The first kappa shape index (κ1) is 19.8. The Labute approximate surface area is 152 Å². The minimum Gasteiger partial charge on any atom is -0.379 e. The van der Waals surface area contributed by atoms with Crippen LogP contribution >= 0.6 is 0 Å². The number of nitro benzene ring substituents is 1. The molecule has 0 atom stereocenters. The number of hydrogen-bond acceptors (Lipinski definition) is 5. The molecule has 0 saturated heterocycles. The summed E-state index contributed by atoms with van der Waals surface area (Å²) in [6.45, 7) is -0.231. The zero-order chi connectivity index (χ0) is 19.8. The second kappa shape index (κ2) is 9.22. The predicted molar refractivity (Wildman–Crippen MR) is 94.2 cm³/mol. The van der Waals surface area contributed by atoms with Crippen LogP contribution < -0.4 is 16.0 Å². The van der Waals surface area contributed by atoms with Crippen molar-refractivity contribution in [2.75, 3.05) is 23.7 Å². The quantitative estimate of drug-likeness (QED) is 0.482. The molecule has 0 fully saturated rings. The number of halogens is 2. The van der Waals surface area contributed by atoms with Gasteiger partial charge in [-0.05, 0) is 18.2 Å². The van der Waals surface area contributed by atoms with Crippen LogP contribution in [0.4, 0.5) is 25.8 Å². The molecule has 0 spiro atoms. The van der Waals surface area contributed by atoms with Gasteiger partial charge < -0.3 is 16.0 Å². The Morgan fingerprint density at radius 2 is 1.78 bits per heavy atom. The number of benzene rings is 2. The molecule has 2 rings (SSSR count). The number of para-hydroxylation sites is 2. The van der Waals surface area contributed by atoms with Gasteiger partial charge in [-0.3, -0.25) is 19.7 Å². The summed E-state index contributed by atoms with van der Waals surface area (Å²) in [5.41, 5.74) is 0.237. The molecule has 0 aliphatic heterocycles. The van der Waals surface area contributed by atoms with Crippen molar-refractivity contribution < 1.29 is 23.3 Å². The summed E-state index contributed by atoms with van der Waals surface area (Å²) in [7, 11) is 0. The number of carbonyl (C=O) groups excluding carboxylic acids is 2. The maximum absolute atomic E-state index is 13.1. The van der Waals surface area contributed by atoms with Gasteiger partial charge >= 0.3 is 0 Å². The van der Waals surface area contributed by atoms with E-state index in [9.17, 15) is 28.5 Å². The summed E-state index contributed by atoms with van der Waals surface area (Å²) < 4.78 is 25.9. The van der Waals surface area contributed by atoms with Crippen LogP contribution in [0.3, 0.4) is 0 Å². The van der Waals surface area contributed by atoms with Crippen molar-refractivity contribution in [2.24, 2.45) is 0 Å². The highest BCUT2D eigenvalue weighted by atomic mass is 19.2. The number of carbonyl (C=O) groups is 2. The van der Waals surface area contributed by atoms with E-state index in [2.05, 4.69) is 16.0 Å². The van der Waals surface area contributed by atoms with Crippen LogP contribution in [0.1, 0.15) is 6.42 Å². The molecule has 0 unspecified atom stereocenters. The fourth-order valence-electron chi connectivity index (χ4n) is 2.14. The highest BCUT2D eigenvalue weighted by Gasteiger charge is 2.12. The number of nitrogens with zero attached hydrogens (tertiary/aromatic N) is 1. The number of nitro groups is 1. The molecule has 8 nitrogen and oxygen atoms in total. The summed E-state index contributed by atoms with van der Waals surface area (Å²) >= 11 is 0. The average molecular weight is 378 g/mol. The van der Waals surface area contributed by atoms with Crippen LogP contribution in [0.2, 0.25) is 0 Å². The first-order chi connectivity index (χ1) is 12.9. The lowest BCUT2D eigenvalue weighted by Gasteiger charge is -2.09. The topological polar surface area (TPSA) is 113 Å². The fraction of sp³-hybridized carbons (Fsp3) is 0.176. The summed E-state index contributed by atoms with van der Waals surface area (Å²) in [5, 5.41) is 18.3. The molecule has 2 aromatic rings. The summed E-state index contributed by atoms with van der Waals surface area (Å²) in [6.07, 6.45) is -0.0233. The number of hydrogen-bond donors (Lipinski definition) is 3. The van der Waals surface area contributed by atoms with Crippen LogP contribution in [-0.2, 0) is 9.59 Å². The van der Waals surface area contributed by atoms with E-state index >= 15 is 0 Å². The number of nitrogens with one attached hydrogen (secondary N) is 3. The van der Waals surface area contributed by atoms with E-state index < -0.39 is 28.4 Å². The zero-order valence-corrected chi connectivity index (χ0v) is 14.0. The number of amides is 2. The summed E-state index contributed by atoms with van der Waals surface area (Å²) in [6, 6.07) is 8.90. The lowest BCUT2D eigenvalue weighted by atomic mass is 10.2. The lowest BCUT2D eigenvalue weighted by molar-refractivity contribution is -0.384. The van der Waals surface area contributed by atoms with Gasteiger partial charge in [-0.2, -0.15) is 0 Å². The molecule has 0 saturated carbocycles. The van der Waals surface area contributed by atoms with Gasteiger partial charge in [0.05, 0.1) is 11.5 Å². The standard InChI is InChI=1S/C17H16F2N4O4/c18-12-6-5-11(9-13(12)19)22-17(25)10-21-16(24)7-8-20-14-3-1-2-4-15(14)23(26)27/h1-6,9,20H,7-8,10H2,(H,21,24)(H,22,25). The van der Waals surface area contributed by atoms with Gasteiger partial charge in [0.1, 0.15) is 5.69 Å². The van der Waals surface area contributed by atoms with E-state index in [0.717, 1.165) is 12.1 Å².